The molecule has 1 aliphatic rings. The van der Waals surface area contributed by atoms with Crippen LogP contribution in [0.1, 0.15) is 22.5 Å². The van der Waals surface area contributed by atoms with E-state index in [9.17, 15) is 14.0 Å². The maximum Gasteiger partial charge on any atom is 0.338 e. The Labute approximate surface area is 168 Å². The summed E-state index contributed by atoms with van der Waals surface area (Å²) in [6.45, 7) is 0.0364. The second kappa shape index (κ2) is 8.12. The minimum absolute atomic E-state index is 0.0364. The number of nitrogens with zero attached hydrogens (tertiary/aromatic N) is 1. The van der Waals surface area contributed by atoms with Crippen molar-refractivity contribution < 1.29 is 18.7 Å². The molecule has 0 spiro atoms. The molecule has 0 aliphatic carbocycles. The lowest BCUT2D eigenvalue weighted by molar-refractivity contribution is -0.115. The number of carbonyl (C=O) groups is 2. The summed E-state index contributed by atoms with van der Waals surface area (Å²) in [6.07, 6.45) is 0.444. The number of rotatable bonds is 4. The van der Waals surface area contributed by atoms with Gasteiger partial charge in [0, 0.05) is 28.0 Å². The minimum Gasteiger partial charge on any atom is -0.456 e. The Morgan fingerprint density at radius 2 is 2.04 bits per heavy atom. The summed E-state index contributed by atoms with van der Waals surface area (Å²) in [6, 6.07) is 11.2. The van der Waals surface area contributed by atoms with Crippen molar-refractivity contribution in [2.24, 2.45) is 0 Å². The van der Waals surface area contributed by atoms with Gasteiger partial charge in [0.15, 0.2) is 0 Å². The molecule has 2 aromatic carbocycles. The first-order valence-electron chi connectivity index (χ1n) is 8.53. The highest BCUT2D eigenvalue weighted by atomic mass is 32.2. The van der Waals surface area contributed by atoms with E-state index in [1.165, 1.54) is 23.5 Å². The van der Waals surface area contributed by atoms with Gasteiger partial charge in [0.2, 0.25) is 5.91 Å². The van der Waals surface area contributed by atoms with Crippen LogP contribution in [0.5, 0.6) is 0 Å². The maximum absolute atomic E-state index is 13.0. The van der Waals surface area contributed by atoms with Crippen molar-refractivity contribution in [3.63, 3.8) is 0 Å². The van der Waals surface area contributed by atoms with Crippen molar-refractivity contribution in [3.8, 4) is 10.6 Å². The van der Waals surface area contributed by atoms with Crippen molar-refractivity contribution in [3.05, 3.63) is 64.9 Å². The molecular weight excluding hydrogens is 399 g/mol. The average molecular weight is 414 g/mol. The predicted octanol–water partition coefficient (Wildman–Crippen LogP) is 4.74. The summed E-state index contributed by atoms with van der Waals surface area (Å²) in [5.41, 5.74) is 2.43. The molecule has 8 heteroatoms. The highest BCUT2D eigenvalue weighted by molar-refractivity contribution is 7.99. The van der Waals surface area contributed by atoms with Gasteiger partial charge >= 0.3 is 5.97 Å². The highest BCUT2D eigenvalue weighted by Crippen LogP contribution is 2.31. The zero-order valence-electron chi connectivity index (χ0n) is 14.6. The van der Waals surface area contributed by atoms with Gasteiger partial charge in [0.05, 0.1) is 16.9 Å². The molecule has 5 nitrogen and oxygen atoms in total. The molecule has 3 aromatic rings. The first-order chi connectivity index (χ1) is 13.6. The lowest BCUT2D eigenvalue weighted by atomic mass is 10.2. The third-order valence-electron chi connectivity index (χ3n) is 4.07. The number of benzene rings is 2. The second-order valence-electron chi connectivity index (χ2n) is 6.08. The lowest BCUT2D eigenvalue weighted by Gasteiger charge is -2.08. The van der Waals surface area contributed by atoms with Crippen LogP contribution in [0.15, 0.2) is 52.7 Å². The second-order valence-corrected chi connectivity index (χ2v) is 8.08. The zero-order valence-corrected chi connectivity index (χ0v) is 16.2. The van der Waals surface area contributed by atoms with Crippen molar-refractivity contribution in [2.45, 2.75) is 17.9 Å². The van der Waals surface area contributed by atoms with E-state index < -0.39 is 5.97 Å². The smallest absolute Gasteiger partial charge is 0.338 e. The van der Waals surface area contributed by atoms with E-state index in [4.69, 9.17) is 4.74 Å². The van der Waals surface area contributed by atoms with Gasteiger partial charge in [-0.1, -0.05) is 0 Å². The molecule has 28 heavy (non-hydrogen) atoms. The molecule has 1 aromatic heterocycles. The number of ether oxygens (including phenoxy) is 1. The Kier molecular flexibility index (Phi) is 5.40. The van der Waals surface area contributed by atoms with Crippen LogP contribution >= 0.6 is 23.1 Å². The Balaban J connectivity index is 1.42. The van der Waals surface area contributed by atoms with Gasteiger partial charge in [-0.3, -0.25) is 4.79 Å². The number of hydrogen-bond acceptors (Lipinski definition) is 6. The fourth-order valence-electron chi connectivity index (χ4n) is 2.67. The number of carbonyl (C=O) groups excluding carboxylic acids is 2. The van der Waals surface area contributed by atoms with Gasteiger partial charge in [-0.05, 0) is 42.5 Å². The van der Waals surface area contributed by atoms with Crippen LogP contribution in [0.2, 0.25) is 0 Å². The van der Waals surface area contributed by atoms with Gasteiger partial charge in [-0.2, -0.15) is 0 Å². The normalized spacial score (nSPS) is 13.4. The molecule has 0 saturated carbocycles. The summed E-state index contributed by atoms with van der Waals surface area (Å²) < 4.78 is 18.4. The fraction of sp³-hybridized carbons (Fsp3) is 0.150. The summed E-state index contributed by atoms with van der Waals surface area (Å²) >= 11 is 2.98. The number of fused-ring (bicyclic) bond motifs is 1. The summed E-state index contributed by atoms with van der Waals surface area (Å²) in [7, 11) is 0. The van der Waals surface area contributed by atoms with Crippen LogP contribution in [0, 0.1) is 5.82 Å². The van der Waals surface area contributed by atoms with E-state index >= 15 is 0 Å². The van der Waals surface area contributed by atoms with Crippen LogP contribution in [0.3, 0.4) is 0 Å². The van der Waals surface area contributed by atoms with Gasteiger partial charge in [-0.15, -0.1) is 23.1 Å². The van der Waals surface area contributed by atoms with E-state index in [0.717, 1.165) is 15.5 Å². The van der Waals surface area contributed by atoms with Crippen LogP contribution in [0.25, 0.3) is 10.6 Å². The summed E-state index contributed by atoms with van der Waals surface area (Å²) in [4.78, 5) is 29.4. The number of amides is 1. The number of hydrogen-bond donors (Lipinski definition) is 1. The molecule has 4 rings (SSSR count). The van der Waals surface area contributed by atoms with E-state index in [1.54, 1.807) is 41.4 Å². The molecule has 2 heterocycles. The Morgan fingerprint density at radius 3 is 2.86 bits per heavy atom. The highest BCUT2D eigenvalue weighted by Gasteiger charge is 2.17. The third kappa shape index (κ3) is 4.23. The predicted molar refractivity (Wildman–Crippen MR) is 107 cm³/mol. The van der Waals surface area contributed by atoms with E-state index in [0.29, 0.717) is 29.1 Å². The lowest BCUT2D eigenvalue weighted by Crippen LogP contribution is -2.11. The van der Waals surface area contributed by atoms with Crippen LogP contribution in [-0.2, 0) is 16.1 Å². The topological polar surface area (TPSA) is 68.3 Å². The maximum atomic E-state index is 13.0. The molecule has 0 radical (unpaired) electrons. The number of esters is 1. The summed E-state index contributed by atoms with van der Waals surface area (Å²) in [5.74, 6) is -0.136. The van der Waals surface area contributed by atoms with Crippen LogP contribution in [0.4, 0.5) is 10.1 Å². The van der Waals surface area contributed by atoms with E-state index in [2.05, 4.69) is 10.3 Å². The first kappa shape index (κ1) is 18.6. The summed E-state index contributed by atoms with van der Waals surface area (Å²) in [5, 5.41) is 5.35. The van der Waals surface area contributed by atoms with Crippen LogP contribution < -0.4 is 5.32 Å². The molecule has 1 amide bonds. The van der Waals surface area contributed by atoms with E-state index in [-0.39, 0.29) is 18.3 Å². The quantitative estimate of drug-likeness (QED) is 0.625. The molecule has 0 bridgehead atoms. The molecule has 0 atom stereocenters. The molecular formula is C20H15FN2O3S2. The molecule has 142 valence electrons. The van der Waals surface area contributed by atoms with Gasteiger partial charge in [-0.25, -0.2) is 14.2 Å². The number of thioether (sulfide) groups is 1. The number of nitrogens with one attached hydrogen (secondary N) is 1. The van der Waals surface area contributed by atoms with Gasteiger partial charge < -0.3 is 10.1 Å². The van der Waals surface area contributed by atoms with Crippen molar-refractivity contribution >= 4 is 40.7 Å². The number of thiazole rings is 1. The first-order valence-corrected chi connectivity index (χ1v) is 10.4. The number of halogens is 1. The number of anilines is 1. The fourth-order valence-corrected chi connectivity index (χ4v) is 4.42. The monoisotopic (exact) mass is 414 g/mol. The SMILES string of the molecule is O=C1CCSc2ccc(C(=O)OCc3csc(-c4ccc(F)cc4)n3)cc2N1. The third-order valence-corrected chi connectivity index (χ3v) is 6.09. The van der Waals surface area contributed by atoms with Gasteiger partial charge in [0.1, 0.15) is 17.4 Å². The largest absolute Gasteiger partial charge is 0.456 e. The standard InChI is InChI=1S/C20H15FN2O3S2/c21-14-4-1-12(2-5-14)19-22-15(11-28-19)10-26-20(25)13-3-6-17-16(9-13)23-18(24)7-8-27-17/h1-6,9,11H,7-8,10H2,(H,23,24). The molecule has 0 unspecified atom stereocenters. The van der Waals surface area contributed by atoms with Crippen molar-refractivity contribution in [1.29, 1.82) is 0 Å². The zero-order chi connectivity index (χ0) is 19.5. The molecule has 0 saturated heterocycles. The Bertz CT molecular complexity index is 1030. The minimum atomic E-state index is -0.484. The number of aromatic nitrogens is 1. The van der Waals surface area contributed by atoms with Gasteiger partial charge in [0.25, 0.3) is 0 Å². The van der Waals surface area contributed by atoms with E-state index in [1.807, 2.05) is 6.07 Å². The molecule has 1 N–H and O–H groups in total. The average Bonchev–Trinajstić information content (AvgIpc) is 3.08. The molecule has 1 aliphatic heterocycles. The van der Waals surface area contributed by atoms with Crippen LogP contribution in [-0.4, -0.2) is 22.6 Å². The molecule has 0 fully saturated rings. The Morgan fingerprint density at radius 1 is 1.21 bits per heavy atom. The van der Waals surface area contributed by atoms with Crippen molar-refractivity contribution in [2.75, 3.05) is 11.1 Å². The Hall–Kier alpha value is -2.71. The van der Waals surface area contributed by atoms with Crippen molar-refractivity contribution in [1.82, 2.24) is 4.98 Å².